The van der Waals surface area contributed by atoms with Gasteiger partial charge >= 0.3 is 0 Å². The average molecular weight is 360 g/mol. The molecule has 0 spiro atoms. The zero-order chi connectivity index (χ0) is 18.1. The summed E-state index contributed by atoms with van der Waals surface area (Å²) in [5.74, 6) is 0.0742. The lowest BCUT2D eigenvalue weighted by molar-refractivity contribution is -0.385. The van der Waals surface area contributed by atoms with E-state index in [4.69, 9.17) is 16.3 Å². The summed E-state index contributed by atoms with van der Waals surface area (Å²) >= 11 is 5.75. The number of carbonyl (C=O) groups excluding carboxylic acids is 1. The fraction of sp³-hybridized carbons (Fsp3) is 0.0588. The second kappa shape index (κ2) is 9.19. The molecule has 0 aromatic heterocycles. The lowest BCUT2D eigenvalue weighted by Crippen LogP contribution is -2.24. The normalized spacial score (nSPS) is 10.9. The molecule has 2 aromatic carbocycles. The summed E-state index contributed by atoms with van der Waals surface area (Å²) < 4.78 is 5.25. The van der Waals surface area contributed by atoms with Gasteiger partial charge in [-0.2, -0.15) is 5.10 Å². The van der Waals surface area contributed by atoms with Gasteiger partial charge < -0.3 is 4.74 Å². The molecule has 25 heavy (non-hydrogen) atoms. The van der Waals surface area contributed by atoms with Crippen molar-refractivity contribution < 1.29 is 14.5 Å². The van der Waals surface area contributed by atoms with Crippen molar-refractivity contribution in [2.45, 2.75) is 0 Å². The molecule has 0 aliphatic rings. The van der Waals surface area contributed by atoms with Gasteiger partial charge in [0.15, 0.2) is 6.61 Å². The summed E-state index contributed by atoms with van der Waals surface area (Å²) in [7, 11) is 0. The van der Waals surface area contributed by atoms with Crippen LogP contribution in [0.1, 0.15) is 5.56 Å². The second-order valence-corrected chi connectivity index (χ2v) is 5.17. The maximum atomic E-state index is 11.6. The standard InChI is InChI=1S/C17H14ClN3O4/c18-14-7-9-15(10-8-14)25-12-17(22)20-19-11-3-5-13-4-1-2-6-16(13)21(23)24/h1-11H,12H2,(H,20,22)/b5-3+,19-11-. The Labute approximate surface area is 148 Å². The Kier molecular flexibility index (Phi) is 6.67. The third kappa shape index (κ3) is 6.08. The van der Waals surface area contributed by atoms with Crippen LogP contribution in [0, 0.1) is 10.1 Å². The van der Waals surface area contributed by atoms with Crippen molar-refractivity contribution in [2.75, 3.05) is 6.61 Å². The van der Waals surface area contributed by atoms with Crippen molar-refractivity contribution >= 4 is 35.5 Å². The van der Waals surface area contributed by atoms with Crippen LogP contribution in [0.15, 0.2) is 59.7 Å². The smallest absolute Gasteiger partial charge is 0.277 e. The molecule has 0 fully saturated rings. The van der Waals surface area contributed by atoms with Crippen LogP contribution in [0.4, 0.5) is 5.69 Å². The van der Waals surface area contributed by atoms with E-state index in [2.05, 4.69) is 10.5 Å². The molecule has 0 heterocycles. The number of nitrogens with one attached hydrogen (secondary N) is 1. The Morgan fingerprint density at radius 2 is 1.96 bits per heavy atom. The molecule has 2 rings (SSSR count). The number of benzene rings is 2. The molecule has 0 atom stereocenters. The summed E-state index contributed by atoms with van der Waals surface area (Å²) in [6, 6.07) is 12.9. The highest BCUT2D eigenvalue weighted by Crippen LogP contribution is 2.18. The minimum atomic E-state index is -0.466. The summed E-state index contributed by atoms with van der Waals surface area (Å²) in [6.07, 6.45) is 4.33. The maximum Gasteiger partial charge on any atom is 0.277 e. The third-order valence-electron chi connectivity index (χ3n) is 2.94. The number of rotatable bonds is 7. The number of nitrogens with zero attached hydrogens (tertiary/aromatic N) is 2. The van der Waals surface area contributed by atoms with E-state index in [1.807, 2.05) is 0 Å². The van der Waals surface area contributed by atoms with Crippen LogP contribution < -0.4 is 10.2 Å². The highest BCUT2D eigenvalue weighted by Gasteiger charge is 2.08. The van der Waals surface area contributed by atoms with Gasteiger partial charge in [0, 0.05) is 17.3 Å². The van der Waals surface area contributed by atoms with Crippen LogP contribution in [-0.4, -0.2) is 23.7 Å². The summed E-state index contributed by atoms with van der Waals surface area (Å²) in [4.78, 5) is 22.0. The highest BCUT2D eigenvalue weighted by molar-refractivity contribution is 6.30. The van der Waals surface area contributed by atoms with Crippen LogP contribution in [-0.2, 0) is 4.79 Å². The van der Waals surface area contributed by atoms with Crippen LogP contribution in [0.5, 0.6) is 5.75 Å². The van der Waals surface area contributed by atoms with Gasteiger partial charge in [0.1, 0.15) is 5.75 Å². The van der Waals surface area contributed by atoms with Crippen molar-refractivity contribution in [3.63, 3.8) is 0 Å². The largest absolute Gasteiger partial charge is 0.484 e. The molecule has 0 saturated heterocycles. The van der Waals surface area contributed by atoms with Crippen molar-refractivity contribution in [2.24, 2.45) is 5.10 Å². The van der Waals surface area contributed by atoms with Crippen LogP contribution in [0.25, 0.3) is 6.08 Å². The number of ether oxygens (including phenoxy) is 1. The number of carbonyl (C=O) groups is 1. The van der Waals surface area contributed by atoms with E-state index < -0.39 is 10.8 Å². The van der Waals surface area contributed by atoms with E-state index in [1.165, 1.54) is 24.4 Å². The molecular weight excluding hydrogens is 346 g/mol. The number of halogens is 1. The number of nitro groups is 1. The van der Waals surface area contributed by atoms with Crippen LogP contribution in [0.3, 0.4) is 0 Å². The van der Waals surface area contributed by atoms with Gasteiger partial charge in [-0.25, -0.2) is 5.43 Å². The Balaban J connectivity index is 1.80. The number of hydrogen-bond donors (Lipinski definition) is 1. The average Bonchev–Trinajstić information content (AvgIpc) is 2.61. The minimum absolute atomic E-state index is 0.00690. The zero-order valence-corrected chi connectivity index (χ0v) is 13.7. The Morgan fingerprint density at radius 3 is 2.68 bits per heavy atom. The molecule has 8 heteroatoms. The summed E-state index contributed by atoms with van der Waals surface area (Å²) in [5, 5.41) is 15.1. The molecule has 1 N–H and O–H groups in total. The van der Waals surface area contributed by atoms with Gasteiger partial charge in [-0.3, -0.25) is 14.9 Å². The molecule has 0 aliphatic heterocycles. The molecule has 2 aromatic rings. The minimum Gasteiger partial charge on any atom is -0.484 e. The maximum absolute atomic E-state index is 11.6. The van der Waals surface area contributed by atoms with Crippen molar-refractivity contribution in [1.29, 1.82) is 0 Å². The van der Waals surface area contributed by atoms with Gasteiger partial charge in [0.25, 0.3) is 11.6 Å². The van der Waals surface area contributed by atoms with Gasteiger partial charge in [0.05, 0.1) is 10.5 Å². The Bertz CT molecular complexity index is 804. The Hall–Kier alpha value is -3.19. The van der Waals surface area contributed by atoms with E-state index in [9.17, 15) is 14.9 Å². The fourth-order valence-electron chi connectivity index (χ4n) is 1.81. The van der Waals surface area contributed by atoms with E-state index in [0.29, 0.717) is 16.3 Å². The molecule has 0 bridgehead atoms. The van der Waals surface area contributed by atoms with Gasteiger partial charge in [-0.15, -0.1) is 0 Å². The first-order chi connectivity index (χ1) is 12.1. The van der Waals surface area contributed by atoms with E-state index in [0.717, 1.165) is 0 Å². The predicted molar refractivity (Wildman–Crippen MR) is 95.7 cm³/mol. The third-order valence-corrected chi connectivity index (χ3v) is 3.19. The molecular formula is C17H14ClN3O4. The fourth-order valence-corrected chi connectivity index (χ4v) is 1.93. The molecule has 7 nitrogen and oxygen atoms in total. The number of nitro benzene ring substituents is 1. The summed E-state index contributed by atoms with van der Waals surface area (Å²) in [5.41, 5.74) is 2.72. The zero-order valence-electron chi connectivity index (χ0n) is 13.0. The number of hydrazone groups is 1. The lowest BCUT2D eigenvalue weighted by atomic mass is 10.2. The second-order valence-electron chi connectivity index (χ2n) is 4.73. The quantitative estimate of drug-likeness (QED) is 0.465. The van der Waals surface area contributed by atoms with Crippen molar-refractivity contribution in [3.05, 3.63) is 75.3 Å². The van der Waals surface area contributed by atoms with Gasteiger partial charge in [-0.05, 0) is 42.5 Å². The SMILES string of the molecule is O=C(COc1ccc(Cl)cc1)N/N=C\C=C\c1ccccc1[N+](=O)[O-]. The topological polar surface area (TPSA) is 93.8 Å². The molecule has 0 aliphatic carbocycles. The van der Waals surface area contributed by atoms with E-state index >= 15 is 0 Å². The van der Waals surface area contributed by atoms with E-state index in [-0.39, 0.29) is 12.3 Å². The van der Waals surface area contributed by atoms with Gasteiger partial charge in [0.2, 0.25) is 0 Å². The lowest BCUT2D eigenvalue weighted by Gasteiger charge is -2.04. The van der Waals surface area contributed by atoms with Crippen LogP contribution in [0.2, 0.25) is 5.02 Å². The van der Waals surface area contributed by atoms with E-state index in [1.54, 1.807) is 42.5 Å². The Morgan fingerprint density at radius 1 is 1.24 bits per heavy atom. The number of amides is 1. The van der Waals surface area contributed by atoms with Crippen molar-refractivity contribution in [3.8, 4) is 5.75 Å². The molecule has 0 unspecified atom stereocenters. The molecule has 1 amide bonds. The highest BCUT2D eigenvalue weighted by atomic mass is 35.5. The number of allylic oxidation sites excluding steroid dienone is 1. The first-order valence-corrected chi connectivity index (χ1v) is 7.54. The predicted octanol–water partition coefficient (Wildman–Crippen LogP) is 3.44. The van der Waals surface area contributed by atoms with Crippen molar-refractivity contribution in [1.82, 2.24) is 5.43 Å². The first-order valence-electron chi connectivity index (χ1n) is 7.16. The molecule has 0 saturated carbocycles. The number of hydrogen-bond acceptors (Lipinski definition) is 5. The summed E-state index contributed by atoms with van der Waals surface area (Å²) in [6.45, 7) is -0.202. The molecule has 128 valence electrons. The molecule has 0 radical (unpaired) electrons. The number of para-hydroxylation sites is 1. The first kappa shape index (κ1) is 18.2. The monoisotopic (exact) mass is 359 g/mol. The van der Waals surface area contributed by atoms with Crippen LogP contribution >= 0.6 is 11.6 Å². The van der Waals surface area contributed by atoms with Gasteiger partial charge in [-0.1, -0.05) is 23.7 Å².